The first kappa shape index (κ1) is 15.9. The predicted octanol–water partition coefficient (Wildman–Crippen LogP) is 0.568. The van der Waals surface area contributed by atoms with Crippen LogP contribution in [0.2, 0.25) is 0 Å². The Labute approximate surface area is 118 Å². The number of hydrogen-bond acceptors (Lipinski definition) is 5. The van der Waals surface area contributed by atoms with Gasteiger partial charge in [0.25, 0.3) is 5.91 Å². The molecule has 0 aliphatic carbocycles. The largest absolute Gasteiger partial charge is 0.396 e. The third-order valence-electron chi connectivity index (χ3n) is 2.70. The summed E-state index contributed by atoms with van der Waals surface area (Å²) in [6.45, 7) is 4.33. The molecular formula is C13H21N5O2. The van der Waals surface area contributed by atoms with E-state index >= 15 is 0 Å². The zero-order valence-corrected chi connectivity index (χ0v) is 11.8. The van der Waals surface area contributed by atoms with E-state index in [0.717, 1.165) is 0 Å². The van der Waals surface area contributed by atoms with Crippen LogP contribution >= 0.6 is 0 Å². The van der Waals surface area contributed by atoms with Gasteiger partial charge in [-0.2, -0.15) is 0 Å². The van der Waals surface area contributed by atoms with E-state index in [1.165, 1.54) is 6.20 Å². The van der Waals surface area contributed by atoms with Gasteiger partial charge in [0.05, 0.1) is 11.9 Å². The SMILES string of the molecule is CC(C)c1ncc(N)c(C(=O)NCCCCC(N)=O)n1. The fourth-order valence-electron chi connectivity index (χ4n) is 1.57. The smallest absolute Gasteiger partial charge is 0.272 e. The van der Waals surface area contributed by atoms with E-state index in [2.05, 4.69) is 15.3 Å². The van der Waals surface area contributed by atoms with Crippen molar-refractivity contribution in [3.8, 4) is 0 Å². The van der Waals surface area contributed by atoms with Crippen LogP contribution < -0.4 is 16.8 Å². The highest BCUT2D eigenvalue weighted by Gasteiger charge is 2.14. The molecule has 0 aliphatic heterocycles. The van der Waals surface area contributed by atoms with Gasteiger partial charge in [-0.1, -0.05) is 13.8 Å². The lowest BCUT2D eigenvalue weighted by molar-refractivity contribution is -0.118. The molecule has 0 saturated heterocycles. The lowest BCUT2D eigenvalue weighted by Gasteiger charge is -2.09. The number of nitrogen functional groups attached to an aromatic ring is 1. The van der Waals surface area contributed by atoms with E-state index in [-0.39, 0.29) is 29.1 Å². The van der Waals surface area contributed by atoms with Crippen LogP contribution in [-0.2, 0) is 4.79 Å². The molecule has 0 fully saturated rings. The monoisotopic (exact) mass is 279 g/mol. The van der Waals surface area contributed by atoms with Crippen molar-refractivity contribution in [2.45, 2.75) is 39.0 Å². The molecule has 0 bridgehead atoms. The third kappa shape index (κ3) is 4.83. The van der Waals surface area contributed by atoms with E-state index in [0.29, 0.717) is 31.6 Å². The second-order valence-corrected chi connectivity index (χ2v) is 4.87. The van der Waals surface area contributed by atoms with Crippen LogP contribution in [0, 0.1) is 0 Å². The molecule has 7 nitrogen and oxygen atoms in total. The van der Waals surface area contributed by atoms with Crippen molar-refractivity contribution in [1.29, 1.82) is 0 Å². The second kappa shape index (κ2) is 7.42. The fraction of sp³-hybridized carbons (Fsp3) is 0.538. The second-order valence-electron chi connectivity index (χ2n) is 4.87. The van der Waals surface area contributed by atoms with Crippen LogP contribution in [0.15, 0.2) is 6.20 Å². The van der Waals surface area contributed by atoms with Gasteiger partial charge in [0.15, 0.2) is 5.69 Å². The van der Waals surface area contributed by atoms with Crippen LogP contribution in [0.4, 0.5) is 5.69 Å². The fourth-order valence-corrected chi connectivity index (χ4v) is 1.57. The number of rotatable bonds is 7. The van der Waals surface area contributed by atoms with E-state index < -0.39 is 0 Å². The number of carbonyl (C=O) groups is 2. The van der Waals surface area contributed by atoms with Crippen molar-refractivity contribution in [1.82, 2.24) is 15.3 Å². The number of anilines is 1. The minimum Gasteiger partial charge on any atom is -0.396 e. The standard InChI is InChI=1S/C13H21N5O2/c1-8(2)12-17-7-9(14)11(18-12)13(20)16-6-4-3-5-10(15)19/h7-8H,3-6,14H2,1-2H3,(H2,15,19)(H,16,20). The molecule has 0 aromatic carbocycles. The summed E-state index contributed by atoms with van der Waals surface area (Å²) < 4.78 is 0. The molecule has 7 heteroatoms. The van der Waals surface area contributed by atoms with E-state index in [9.17, 15) is 9.59 Å². The van der Waals surface area contributed by atoms with Crippen LogP contribution in [0.5, 0.6) is 0 Å². The molecule has 1 aromatic heterocycles. The van der Waals surface area contributed by atoms with Gasteiger partial charge in [-0.3, -0.25) is 9.59 Å². The summed E-state index contributed by atoms with van der Waals surface area (Å²) in [7, 11) is 0. The summed E-state index contributed by atoms with van der Waals surface area (Å²) in [6.07, 6.45) is 3.09. The average molecular weight is 279 g/mol. The maximum Gasteiger partial charge on any atom is 0.272 e. The molecule has 1 aromatic rings. The Balaban J connectivity index is 2.54. The first-order valence-corrected chi connectivity index (χ1v) is 6.60. The number of nitrogens with zero attached hydrogens (tertiary/aromatic N) is 2. The summed E-state index contributed by atoms with van der Waals surface area (Å²) in [5.41, 5.74) is 11.2. The number of aromatic nitrogens is 2. The van der Waals surface area contributed by atoms with Gasteiger partial charge in [-0.25, -0.2) is 9.97 Å². The van der Waals surface area contributed by atoms with Gasteiger partial charge >= 0.3 is 0 Å². The zero-order valence-electron chi connectivity index (χ0n) is 11.8. The van der Waals surface area contributed by atoms with Crippen molar-refractivity contribution in [3.05, 3.63) is 17.7 Å². The molecule has 0 saturated carbocycles. The molecule has 0 atom stereocenters. The van der Waals surface area contributed by atoms with Gasteiger partial charge < -0.3 is 16.8 Å². The molecular weight excluding hydrogens is 258 g/mol. The number of nitrogens with one attached hydrogen (secondary N) is 1. The number of primary amides is 1. The highest BCUT2D eigenvalue weighted by Crippen LogP contribution is 2.13. The normalized spacial score (nSPS) is 10.6. The lowest BCUT2D eigenvalue weighted by atomic mass is 10.2. The number of nitrogens with two attached hydrogens (primary N) is 2. The van der Waals surface area contributed by atoms with Crippen molar-refractivity contribution in [2.24, 2.45) is 5.73 Å². The Morgan fingerprint density at radius 1 is 1.35 bits per heavy atom. The van der Waals surface area contributed by atoms with E-state index in [4.69, 9.17) is 11.5 Å². The summed E-state index contributed by atoms with van der Waals surface area (Å²) in [5.74, 6) is 0.0413. The Morgan fingerprint density at radius 3 is 2.65 bits per heavy atom. The number of carbonyl (C=O) groups excluding carboxylic acids is 2. The van der Waals surface area contributed by atoms with Gasteiger partial charge in [0, 0.05) is 18.9 Å². The van der Waals surface area contributed by atoms with Crippen molar-refractivity contribution >= 4 is 17.5 Å². The van der Waals surface area contributed by atoms with Crippen LogP contribution in [0.1, 0.15) is 55.3 Å². The molecule has 0 spiro atoms. The first-order valence-electron chi connectivity index (χ1n) is 6.60. The molecule has 0 radical (unpaired) electrons. The third-order valence-corrected chi connectivity index (χ3v) is 2.70. The number of unbranched alkanes of at least 4 members (excludes halogenated alkanes) is 1. The van der Waals surface area contributed by atoms with E-state index in [1.807, 2.05) is 13.8 Å². The molecule has 2 amide bonds. The summed E-state index contributed by atoms with van der Waals surface area (Å²) in [6, 6.07) is 0. The Kier molecular flexibility index (Phi) is 5.89. The first-order chi connectivity index (χ1) is 9.41. The van der Waals surface area contributed by atoms with Crippen molar-refractivity contribution in [3.63, 3.8) is 0 Å². The molecule has 5 N–H and O–H groups in total. The van der Waals surface area contributed by atoms with Gasteiger partial charge in [0.2, 0.25) is 5.91 Å². The molecule has 1 rings (SSSR count). The van der Waals surface area contributed by atoms with Crippen LogP contribution in [-0.4, -0.2) is 28.3 Å². The maximum absolute atomic E-state index is 12.0. The molecule has 1 heterocycles. The lowest BCUT2D eigenvalue weighted by Crippen LogP contribution is -2.27. The summed E-state index contributed by atoms with van der Waals surface area (Å²) >= 11 is 0. The molecule has 0 unspecified atom stereocenters. The Morgan fingerprint density at radius 2 is 2.05 bits per heavy atom. The predicted molar refractivity (Wildman–Crippen MR) is 75.9 cm³/mol. The summed E-state index contributed by atoms with van der Waals surface area (Å²) in [5, 5.41) is 2.72. The highest BCUT2D eigenvalue weighted by atomic mass is 16.2. The maximum atomic E-state index is 12.0. The Hall–Kier alpha value is -2.18. The number of hydrogen-bond donors (Lipinski definition) is 3. The van der Waals surface area contributed by atoms with Gasteiger partial charge in [-0.05, 0) is 12.8 Å². The van der Waals surface area contributed by atoms with E-state index in [1.54, 1.807) is 0 Å². The minimum absolute atomic E-state index is 0.123. The topological polar surface area (TPSA) is 124 Å². The van der Waals surface area contributed by atoms with Crippen molar-refractivity contribution < 1.29 is 9.59 Å². The van der Waals surface area contributed by atoms with Gasteiger partial charge in [-0.15, -0.1) is 0 Å². The summed E-state index contributed by atoms with van der Waals surface area (Å²) in [4.78, 5) is 30.8. The highest BCUT2D eigenvalue weighted by molar-refractivity contribution is 5.96. The van der Waals surface area contributed by atoms with Crippen LogP contribution in [0.3, 0.4) is 0 Å². The van der Waals surface area contributed by atoms with Crippen LogP contribution in [0.25, 0.3) is 0 Å². The number of amides is 2. The van der Waals surface area contributed by atoms with Crippen molar-refractivity contribution in [2.75, 3.05) is 12.3 Å². The molecule has 20 heavy (non-hydrogen) atoms. The quantitative estimate of drug-likeness (QED) is 0.629. The Bertz CT molecular complexity index is 488. The van der Waals surface area contributed by atoms with Gasteiger partial charge in [0.1, 0.15) is 5.82 Å². The molecule has 110 valence electrons. The minimum atomic E-state index is -0.335. The average Bonchev–Trinajstić information content (AvgIpc) is 2.37. The molecule has 0 aliphatic rings. The zero-order chi connectivity index (χ0) is 15.1.